The standard InChI is InChI=1S/C19H24N2O2/c1-14-5-6-15(2)18(11-14)20-19(22)13-21(3)12-16-7-9-17(23-4)10-8-16/h5-11H,12-13H2,1-4H3,(H,20,22). The van der Waals surface area contributed by atoms with Crippen LogP contribution in [-0.4, -0.2) is 31.5 Å². The van der Waals surface area contributed by atoms with Gasteiger partial charge in [0, 0.05) is 12.2 Å². The van der Waals surface area contributed by atoms with Crippen molar-refractivity contribution in [3.63, 3.8) is 0 Å². The summed E-state index contributed by atoms with van der Waals surface area (Å²) in [7, 11) is 3.59. The molecule has 1 N–H and O–H groups in total. The second-order valence-corrected chi connectivity index (χ2v) is 5.89. The van der Waals surface area contributed by atoms with E-state index in [9.17, 15) is 4.79 Å². The van der Waals surface area contributed by atoms with Gasteiger partial charge in [0.15, 0.2) is 0 Å². The predicted molar refractivity (Wildman–Crippen MR) is 93.9 cm³/mol. The lowest BCUT2D eigenvalue weighted by molar-refractivity contribution is -0.117. The minimum atomic E-state index is -0.00490. The molecular formula is C19H24N2O2. The van der Waals surface area contributed by atoms with Crippen LogP contribution in [0.5, 0.6) is 5.75 Å². The second-order valence-electron chi connectivity index (χ2n) is 5.89. The van der Waals surface area contributed by atoms with Gasteiger partial charge >= 0.3 is 0 Å². The Morgan fingerprint density at radius 2 is 1.83 bits per heavy atom. The van der Waals surface area contributed by atoms with Gasteiger partial charge in [-0.25, -0.2) is 0 Å². The molecule has 0 fully saturated rings. The van der Waals surface area contributed by atoms with Gasteiger partial charge in [0.2, 0.25) is 5.91 Å². The number of amides is 1. The number of carbonyl (C=O) groups is 1. The summed E-state index contributed by atoms with van der Waals surface area (Å²) in [5.74, 6) is 0.832. The summed E-state index contributed by atoms with van der Waals surface area (Å²) in [6.45, 7) is 5.07. The molecule has 0 aliphatic heterocycles. The van der Waals surface area contributed by atoms with E-state index in [2.05, 4.69) is 5.32 Å². The number of rotatable bonds is 6. The van der Waals surface area contributed by atoms with Gasteiger partial charge in [0.25, 0.3) is 0 Å². The molecular weight excluding hydrogens is 288 g/mol. The molecule has 0 saturated carbocycles. The number of nitrogens with zero attached hydrogens (tertiary/aromatic N) is 1. The van der Waals surface area contributed by atoms with Gasteiger partial charge in [-0.15, -0.1) is 0 Å². The van der Waals surface area contributed by atoms with Crippen molar-refractivity contribution in [2.75, 3.05) is 26.0 Å². The minimum Gasteiger partial charge on any atom is -0.497 e. The first-order chi connectivity index (χ1) is 11.0. The molecule has 0 bridgehead atoms. The molecule has 0 aliphatic carbocycles. The smallest absolute Gasteiger partial charge is 0.238 e. The first-order valence-corrected chi connectivity index (χ1v) is 7.66. The van der Waals surface area contributed by atoms with E-state index in [0.29, 0.717) is 13.1 Å². The molecule has 1 amide bonds. The number of carbonyl (C=O) groups excluding carboxylic acids is 1. The van der Waals surface area contributed by atoms with E-state index in [4.69, 9.17) is 4.74 Å². The first-order valence-electron chi connectivity index (χ1n) is 7.66. The van der Waals surface area contributed by atoms with Gasteiger partial charge in [-0.3, -0.25) is 9.69 Å². The van der Waals surface area contributed by atoms with Gasteiger partial charge in [-0.1, -0.05) is 24.3 Å². The third-order valence-corrected chi connectivity index (χ3v) is 3.69. The molecule has 122 valence electrons. The molecule has 0 radical (unpaired) electrons. The van der Waals surface area contributed by atoms with Crippen molar-refractivity contribution in [3.05, 3.63) is 59.2 Å². The third kappa shape index (κ3) is 5.11. The monoisotopic (exact) mass is 312 g/mol. The van der Waals surface area contributed by atoms with Crippen molar-refractivity contribution in [3.8, 4) is 5.75 Å². The van der Waals surface area contributed by atoms with Gasteiger partial charge in [0.1, 0.15) is 5.75 Å². The van der Waals surface area contributed by atoms with Crippen LogP contribution in [0, 0.1) is 13.8 Å². The average Bonchev–Trinajstić information content (AvgIpc) is 2.51. The van der Waals surface area contributed by atoms with Crippen LogP contribution in [0.1, 0.15) is 16.7 Å². The van der Waals surface area contributed by atoms with E-state index in [0.717, 1.165) is 28.1 Å². The van der Waals surface area contributed by atoms with Crippen molar-refractivity contribution < 1.29 is 9.53 Å². The molecule has 4 nitrogen and oxygen atoms in total. The fourth-order valence-corrected chi connectivity index (χ4v) is 2.40. The summed E-state index contributed by atoms with van der Waals surface area (Å²) >= 11 is 0. The zero-order valence-electron chi connectivity index (χ0n) is 14.2. The van der Waals surface area contributed by atoms with Crippen molar-refractivity contribution in [2.45, 2.75) is 20.4 Å². The topological polar surface area (TPSA) is 41.6 Å². The summed E-state index contributed by atoms with van der Waals surface area (Å²) in [5.41, 5.74) is 4.24. The molecule has 2 aromatic carbocycles. The highest BCUT2D eigenvalue weighted by Crippen LogP contribution is 2.16. The molecule has 0 aromatic heterocycles. The number of aryl methyl sites for hydroxylation is 2. The Hall–Kier alpha value is -2.33. The van der Waals surface area contributed by atoms with Crippen LogP contribution in [-0.2, 0) is 11.3 Å². The van der Waals surface area contributed by atoms with Gasteiger partial charge in [-0.05, 0) is 55.8 Å². The Balaban J connectivity index is 1.90. The highest BCUT2D eigenvalue weighted by molar-refractivity contribution is 5.93. The quantitative estimate of drug-likeness (QED) is 0.889. The lowest BCUT2D eigenvalue weighted by Crippen LogP contribution is -2.30. The summed E-state index contributed by atoms with van der Waals surface area (Å²) < 4.78 is 5.15. The number of hydrogen-bond donors (Lipinski definition) is 1. The van der Waals surface area contributed by atoms with Crippen LogP contribution in [0.4, 0.5) is 5.69 Å². The Morgan fingerprint density at radius 3 is 2.48 bits per heavy atom. The Bertz CT molecular complexity index is 666. The van der Waals surface area contributed by atoms with E-state index in [1.165, 1.54) is 0 Å². The minimum absolute atomic E-state index is 0.00490. The lowest BCUT2D eigenvalue weighted by Gasteiger charge is -2.17. The molecule has 0 spiro atoms. The molecule has 4 heteroatoms. The molecule has 0 heterocycles. The van der Waals surface area contributed by atoms with E-state index in [-0.39, 0.29) is 5.91 Å². The molecule has 2 rings (SSSR count). The number of methoxy groups -OCH3 is 1. The summed E-state index contributed by atoms with van der Waals surface area (Å²) in [6.07, 6.45) is 0. The van der Waals surface area contributed by atoms with E-state index in [1.807, 2.05) is 68.3 Å². The molecule has 0 aliphatic rings. The largest absolute Gasteiger partial charge is 0.497 e. The maximum Gasteiger partial charge on any atom is 0.238 e. The van der Waals surface area contributed by atoms with E-state index < -0.39 is 0 Å². The fraction of sp³-hybridized carbons (Fsp3) is 0.316. The number of benzene rings is 2. The van der Waals surface area contributed by atoms with Crippen LogP contribution in [0.2, 0.25) is 0 Å². The van der Waals surface area contributed by atoms with Crippen LogP contribution in [0.25, 0.3) is 0 Å². The van der Waals surface area contributed by atoms with Gasteiger partial charge in [-0.2, -0.15) is 0 Å². The number of nitrogens with one attached hydrogen (secondary N) is 1. The zero-order valence-corrected chi connectivity index (χ0v) is 14.2. The van der Waals surface area contributed by atoms with Crippen molar-refractivity contribution in [1.29, 1.82) is 0 Å². The van der Waals surface area contributed by atoms with E-state index >= 15 is 0 Å². The van der Waals surface area contributed by atoms with Gasteiger partial charge in [0.05, 0.1) is 13.7 Å². The van der Waals surface area contributed by atoms with Crippen molar-refractivity contribution >= 4 is 11.6 Å². The number of ether oxygens (including phenoxy) is 1. The van der Waals surface area contributed by atoms with Crippen molar-refractivity contribution in [1.82, 2.24) is 4.90 Å². The maximum absolute atomic E-state index is 12.2. The normalized spacial score (nSPS) is 10.7. The van der Waals surface area contributed by atoms with Crippen LogP contribution in [0.15, 0.2) is 42.5 Å². The Morgan fingerprint density at radius 1 is 1.13 bits per heavy atom. The molecule has 2 aromatic rings. The zero-order chi connectivity index (χ0) is 16.8. The SMILES string of the molecule is COc1ccc(CN(C)CC(=O)Nc2cc(C)ccc2C)cc1. The molecule has 0 atom stereocenters. The average molecular weight is 312 g/mol. The maximum atomic E-state index is 12.2. The van der Waals surface area contributed by atoms with Gasteiger partial charge < -0.3 is 10.1 Å². The molecule has 0 saturated heterocycles. The second kappa shape index (κ2) is 7.79. The molecule has 23 heavy (non-hydrogen) atoms. The predicted octanol–water partition coefficient (Wildman–Crippen LogP) is 3.38. The van der Waals surface area contributed by atoms with Crippen LogP contribution >= 0.6 is 0 Å². The summed E-state index contributed by atoms with van der Waals surface area (Å²) in [4.78, 5) is 14.2. The number of anilines is 1. The van der Waals surface area contributed by atoms with Crippen LogP contribution in [0.3, 0.4) is 0 Å². The highest BCUT2D eigenvalue weighted by Gasteiger charge is 2.09. The summed E-state index contributed by atoms with van der Waals surface area (Å²) in [5, 5.41) is 2.99. The van der Waals surface area contributed by atoms with Crippen LogP contribution < -0.4 is 10.1 Å². The highest BCUT2D eigenvalue weighted by atomic mass is 16.5. The lowest BCUT2D eigenvalue weighted by atomic mass is 10.1. The van der Waals surface area contributed by atoms with E-state index in [1.54, 1.807) is 7.11 Å². The third-order valence-electron chi connectivity index (χ3n) is 3.69. The number of likely N-dealkylation sites (N-methyl/N-ethyl adjacent to an activating group) is 1. The Kier molecular flexibility index (Phi) is 5.77. The first kappa shape index (κ1) is 17.0. The molecule has 0 unspecified atom stereocenters. The summed E-state index contributed by atoms with van der Waals surface area (Å²) in [6, 6.07) is 13.9. The van der Waals surface area contributed by atoms with Crippen molar-refractivity contribution in [2.24, 2.45) is 0 Å². The Labute approximate surface area is 138 Å². The fourth-order valence-electron chi connectivity index (χ4n) is 2.40. The number of hydrogen-bond acceptors (Lipinski definition) is 3.